The summed E-state index contributed by atoms with van der Waals surface area (Å²) >= 11 is 0. The van der Waals surface area contributed by atoms with E-state index in [1.807, 2.05) is 4.90 Å². The maximum Gasteiger partial charge on any atom is 0.225 e. The Kier molecular flexibility index (Phi) is 3.50. The van der Waals surface area contributed by atoms with Crippen molar-refractivity contribution in [2.75, 3.05) is 26.7 Å². The smallest absolute Gasteiger partial charge is 0.225 e. The van der Waals surface area contributed by atoms with Gasteiger partial charge in [-0.25, -0.2) is 0 Å². The van der Waals surface area contributed by atoms with Crippen LogP contribution in [0.4, 0.5) is 0 Å². The molecule has 4 heteroatoms. The number of hydrogen-bond donors (Lipinski definition) is 1. The van der Waals surface area contributed by atoms with Gasteiger partial charge >= 0.3 is 0 Å². The number of piperazine rings is 1. The van der Waals surface area contributed by atoms with Crippen molar-refractivity contribution in [2.45, 2.75) is 44.2 Å². The quantitative estimate of drug-likeness (QED) is 0.772. The predicted octanol–water partition coefficient (Wildman–Crippen LogP) is 0.766. The number of hydrogen-bond acceptors (Lipinski definition) is 3. The number of rotatable bonds is 3. The van der Waals surface area contributed by atoms with Crippen molar-refractivity contribution >= 4 is 5.91 Å². The van der Waals surface area contributed by atoms with Gasteiger partial charge in [0.15, 0.2) is 0 Å². The summed E-state index contributed by atoms with van der Waals surface area (Å²) in [5, 5.41) is 3.30. The fourth-order valence-electron chi connectivity index (χ4n) is 2.61. The van der Waals surface area contributed by atoms with E-state index in [1.54, 1.807) is 7.11 Å². The zero-order chi connectivity index (χ0) is 11.6. The third-order valence-corrected chi connectivity index (χ3v) is 3.99. The minimum atomic E-state index is -0.137. The summed E-state index contributed by atoms with van der Waals surface area (Å²) in [5.41, 5.74) is -0.137. The Balaban J connectivity index is 1.91. The molecule has 2 aliphatic rings. The second kappa shape index (κ2) is 4.72. The third kappa shape index (κ3) is 2.23. The molecular formula is C12H22N2O2. The van der Waals surface area contributed by atoms with Crippen LogP contribution in [0, 0.1) is 0 Å². The van der Waals surface area contributed by atoms with Crippen LogP contribution in [-0.2, 0) is 9.53 Å². The van der Waals surface area contributed by atoms with Crippen LogP contribution in [-0.4, -0.2) is 49.2 Å². The summed E-state index contributed by atoms with van der Waals surface area (Å²) in [6.45, 7) is 4.76. The summed E-state index contributed by atoms with van der Waals surface area (Å²) in [4.78, 5) is 14.2. The first-order chi connectivity index (χ1) is 7.67. The van der Waals surface area contributed by atoms with Gasteiger partial charge in [-0.3, -0.25) is 4.79 Å². The van der Waals surface area contributed by atoms with Gasteiger partial charge in [-0.2, -0.15) is 0 Å². The van der Waals surface area contributed by atoms with Gasteiger partial charge in [0.2, 0.25) is 5.91 Å². The van der Waals surface area contributed by atoms with E-state index in [1.165, 1.54) is 6.42 Å². The zero-order valence-corrected chi connectivity index (χ0v) is 10.3. The zero-order valence-electron chi connectivity index (χ0n) is 10.3. The van der Waals surface area contributed by atoms with E-state index in [0.717, 1.165) is 32.5 Å². The number of carbonyl (C=O) groups excluding carboxylic acids is 1. The number of ether oxygens (including phenoxy) is 1. The van der Waals surface area contributed by atoms with E-state index in [0.29, 0.717) is 12.5 Å². The first-order valence-electron chi connectivity index (χ1n) is 6.22. The van der Waals surface area contributed by atoms with Crippen molar-refractivity contribution in [3.05, 3.63) is 0 Å². The number of nitrogens with one attached hydrogen (secondary N) is 1. The summed E-state index contributed by atoms with van der Waals surface area (Å²) in [6.07, 6.45) is 3.83. The van der Waals surface area contributed by atoms with Crippen LogP contribution in [0.25, 0.3) is 0 Å². The Bertz CT molecular complexity index is 258. The first kappa shape index (κ1) is 11.9. The monoisotopic (exact) mass is 226 g/mol. The standard InChI is InChI=1S/C12H22N2O2/c1-10-9-13-6-7-14(10)11(15)8-12(16-2)4-3-5-12/h10,13H,3-9H2,1-2H3. The van der Waals surface area contributed by atoms with Gasteiger partial charge < -0.3 is 15.0 Å². The highest BCUT2D eigenvalue weighted by Gasteiger charge is 2.40. The summed E-state index contributed by atoms with van der Waals surface area (Å²) < 4.78 is 5.51. The first-order valence-corrected chi connectivity index (χ1v) is 6.22. The van der Waals surface area contributed by atoms with Crippen LogP contribution in [0.1, 0.15) is 32.6 Å². The second-order valence-corrected chi connectivity index (χ2v) is 5.06. The molecule has 0 aromatic heterocycles. The van der Waals surface area contributed by atoms with Gasteiger partial charge in [0.1, 0.15) is 0 Å². The van der Waals surface area contributed by atoms with Crippen LogP contribution in [0.15, 0.2) is 0 Å². The van der Waals surface area contributed by atoms with Gasteiger partial charge in [0.25, 0.3) is 0 Å². The summed E-state index contributed by atoms with van der Waals surface area (Å²) in [6, 6.07) is 0.315. The molecule has 2 fully saturated rings. The van der Waals surface area contributed by atoms with Crippen molar-refractivity contribution < 1.29 is 9.53 Å². The van der Waals surface area contributed by atoms with Crippen LogP contribution in [0.2, 0.25) is 0 Å². The lowest BCUT2D eigenvalue weighted by molar-refractivity contribution is -0.146. The number of amides is 1. The van der Waals surface area contributed by atoms with Crippen molar-refractivity contribution in [1.29, 1.82) is 0 Å². The van der Waals surface area contributed by atoms with Crippen molar-refractivity contribution in [3.63, 3.8) is 0 Å². The third-order valence-electron chi connectivity index (χ3n) is 3.99. The summed E-state index contributed by atoms with van der Waals surface area (Å²) in [7, 11) is 1.73. The van der Waals surface area contributed by atoms with Gasteiger partial charge in [-0.05, 0) is 26.2 Å². The van der Waals surface area contributed by atoms with Gasteiger partial charge in [0.05, 0.1) is 12.0 Å². The average Bonchev–Trinajstić information content (AvgIpc) is 2.24. The summed E-state index contributed by atoms with van der Waals surface area (Å²) in [5.74, 6) is 0.260. The van der Waals surface area contributed by atoms with Gasteiger partial charge in [0, 0.05) is 32.8 Å². The highest BCUT2D eigenvalue weighted by atomic mass is 16.5. The maximum absolute atomic E-state index is 12.2. The second-order valence-electron chi connectivity index (χ2n) is 5.06. The molecule has 1 N–H and O–H groups in total. The van der Waals surface area contributed by atoms with E-state index < -0.39 is 0 Å². The SMILES string of the molecule is COC1(CC(=O)N2CCNCC2C)CCC1. The van der Waals surface area contributed by atoms with Crippen LogP contribution in [0.3, 0.4) is 0 Å². The molecule has 1 saturated heterocycles. The molecule has 2 rings (SSSR count). The fourth-order valence-corrected chi connectivity index (χ4v) is 2.61. The maximum atomic E-state index is 12.2. The van der Waals surface area contributed by atoms with Crippen LogP contribution < -0.4 is 5.32 Å². The Hall–Kier alpha value is -0.610. The molecule has 1 saturated carbocycles. The molecule has 0 bridgehead atoms. The van der Waals surface area contributed by atoms with E-state index in [4.69, 9.17) is 4.74 Å². The Morgan fingerprint density at radius 3 is 2.81 bits per heavy atom. The molecule has 92 valence electrons. The predicted molar refractivity (Wildman–Crippen MR) is 62.3 cm³/mol. The van der Waals surface area contributed by atoms with Crippen molar-refractivity contribution in [2.24, 2.45) is 0 Å². The van der Waals surface area contributed by atoms with E-state index in [9.17, 15) is 4.79 Å². The van der Waals surface area contributed by atoms with E-state index in [2.05, 4.69) is 12.2 Å². The molecule has 1 atom stereocenters. The van der Waals surface area contributed by atoms with Gasteiger partial charge in [-0.15, -0.1) is 0 Å². The molecule has 1 aliphatic heterocycles. The molecule has 1 amide bonds. The lowest BCUT2D eigenvalue weighted by Gasteiger charge is -2.42. The topological polar surface area (TPSA) is 41.6 Å². The molecular weight excluding hydrogens is 204 g/mol. The highest BCUT2D eigenvalue weighted by Crippen LogP contribution is 2.38. The van der Waals surface area contributed by atoms with E-state index >= 15 is 0 Å². The minimum Gasteiger partial charge on any atom is -0.378 e. The molecule has 0 radical (unpaired) electrons. The molecule has 16 heavy (non-hydrogen) atoms. The molecule has 0 aromatic carbocycles. The largest absolute Gasteiger partial charge is 0.378 e. The molecule has 1 unspecified atom stereocenters. The molecule has 1 heterocycles. The lowest BCUT2D eigenvalue weighted by atomic mass is 9.77. The van der Waals surface area contributed by atoms with Crippen molar-refractivity contribution in [1.82, 2.24) is 10.2 Å². The minimum absolute atomic E-state index is 0.137. The van der Waals surface area contributed by atoms with Crippen LogP contribution in [0.5, 0.6) is 0 Å². The van der Waals surface area contributed by atoms with E-state index in [-0.39, 0.29) is 11.5 Å². The Morgan fingerprint density at radius 2 is 2.31 bits per heavy atom. The number of methoxy groups -OCH3 is 1. The van der Waals surface area contributed by atoms with Crippen molar-refractivity contribution in [3.8, 4) is 0 Å². The molecule has 0 aromatic rings. The van der Waals surface area contributed by atoms with Crippen LogP contribution >= 0.6 is 0 Å². The molecule has 4 nitrogen and oxygen atoms in total. The van der Waals surface area contributed by atoms with Gasteiger partial charge in [-0.1, -0.05) is 0 Å². The number of nitrogens with zero attached hydrogens (tertiary/aromatic N) is 1. The normalized spacial score (nSPS) is 28.6. The number of carbonyl (C=O) groups is 1. The molecule has 0 spiro atoms. The lowest BCUT2D eigenvalue weighted by Crippen LogP contribution is -2.54. The Morgan fingerprint density at radius 1 is 1.56 bits per heavy atom. The highest BCUT2D eigenvalue weighted by molar-refractivity contribution is 5.78. The molecule has 1 aliphatic carbocycles. The average molecular weight is 226 g/mol. The fraction of sp³-hybridized carbons (Fsp3) is 0.917. The Labute approximate surface area is 97.3 Å².